The lowest BCUT2D eigenvalue weighted by molar-refractivity contribution is -0.116. The van der Waals surface area contributed by atoms with Crippen LogP contribution in [-0.2, 0) is 9.59 Å². The molecule has 0 saturated heterocycles. The van der Waals surface area contributed by atoms with Gasteiger partial charge in [-0.25, -0.2) is 4.39 Å². The number of carbonyl (C=O) groups excluding carboxylic acids is 3. The van der Waals surface area contributed by atoms with Crippen LogP contribution in [0.1, 0.15) is 56.0 Å². The van der Waals surface area contributed by atoms with E-state index in [1.54, 1.807) is 32.9 Å². The number of hydrogen-bond acceptors (Lipinski definition) is 5. The topological polar surface area (TPSA) is 104 Å². The third kappa shape index (κ3) is 5.15. The van der Waals surface area contributed by atoms with Crippen molar-refractivity contribution in [3.8, 4) is 5.75 Å². The number of aromatic hydroxyl groups is 1. The summed E-state index contributed by atoms with van der Waals surface area (Å²) in [7, 11) is 0. The van der Waals surface area contributed by atoms with Crippen LogP contribution in [0.4, 0.5) is 4.39 Å². The summed E-state index contributed by atoms with van der Waals surface area (Å²) in [4.78, 5) is 38.5. The van der Waals surface area contributed by atoms with E-state index in [4.69, 9.17) is 0 Å². The lowest BCUT2D eigenvalue weighted by Crippen LogP contribution is -2.42. The van der Waals surface area contributed by atoms with Crippen LogP contribution in [0, 0.1) is 5.82 Å². The molecule has 0 bridgehead atoms. The zero-order valence-electron chi connectivity index (χ0n) is 19.6. The van der Waals surface area contributed by atoms with E-state index in [0.29, 0.717) is 16.7 Å². The minimum atomic E-state index is -1.50. The minimum absolute atomic E-state index is 0.0162. The van der Waals surface area contributed by atoms with Crippen LogP contribution in [0.2, 0.25) is 0 Å². The lowest BCUT2D eigenvalue weighted by Gasteiger charge is -2.32. The Bertz CT molecular complexity index is 1210. The Morgan fingerprint density at radius 3 is 2.18 bits per heavy atom. The van der Waals surface area contributed by atoms with Gasteiger partial charge < -0.3 is 15.5 Å². The molecule has 2 aromatic rings. The highest BCUT2D eigenvalue weighted by molar-refractivity contribution is 6.25. The zero-order chi connectivity index (χ0) is 25.2. The van der Waals surface area contributed by atoms with Crippen molar-refractivity contribution in [1.82, 2.24) is 5.32 Å². The normalized spacial score (nSPS) is 17.0. The summed E-state index contributed by atoms with van der Waals surface area (Å²) in [6, 6.07) is 11.6. The van der Waals surface area contributed by atoms with Gasteiger partial charge in [0, 0.05) is 34.8 Å². The molecule has 0 aliphatic heterocycles. The Morgan fingerprint density at radius 2 is 1.56 bits per heavy atom. The average Bonchev–Trinajstić information content (AvgIpc) is 2.80. The van der Waals surface area contributed by atoms with E-state index in [2.05, 4.69) is 5.32 Å². The molecular weight excluding hydrogens is 437 g/mol. The van der Waals surface area contributed by atoms with Crippen LogP contribution in [0.5, 0.6) is 5.75 Å². The van der Waals surface area contributed by atoms with Crippen molar-refractivity contribution >= 4 is 17.5 Å². The number of phenolic OH excluding ortho intramolecular Hbond substituents is 1. The summed E-state index contributed by atoms with van der Waals surface area (Å²) in [6.07, 6.45) is -0.0162. The fraction of sp³-hybridized carbons (Fsp3) is 0.296. The number of allylic oxidation sites excluding steroid dienone is 4. The SMILES string of the molecule is CC1=C(C)C(=O)C(C(CC(C)(O)CNC(=O)c2ccccc2O)c2ccc(F)cc2)=C(C)C1=O. The number of carbonyl (C=O) groups is 3. The predicted octanol–water partition coefficient (Wildman–Crippen LogP) is 3.99. The van der Waals surface area contributed by atoms with Gasteiger partial charge in [0.2, 0.25) is 0 Å². The molecule has 1 amide bonds. The van der Waals surface area contributed by atoms with Crippen molar-refractivity contribution in [2.45, 2.75) is 45.6 Å². The number of benzene rings is 2. The molecule has 3 N–H and O–H groups in total. The van der Waals surface area contributed by atoms with Crippen LogP contribution in [-0.4, -0.2) is 39.8 Å². The lowest BCUT2D eigenvalue weighted by atomic mass is 9.73. The van der Waals surface area contributed by atoms with Crippen molar-refractivity contribution in [3.05, 3.63) is 87.8 Å². The molecule has 0 saturated carbocycles. The predicted molar refractivity (Wildman–Crippen MR) is 126 cm³/mol. The van der Waals surface area contributed by atoms with Gasteiger partial charge in [-0.3, -0.25) is 14.4 Å². The number of aliphatic hydroxyl groups is 1. The number of Topliss-reactive ketones (excluding diaryl/α,β-unsaturated/α-hetero) is 2. The summed E-state index contributed by atoms with van der Waals surface area (Å²) in [5.74, 6) is -2.45. The summed E-state index contributed by atoms with van der Waals surface area (Å²) in [6.45, 7) is 6.10. The number of phenols is 1. The van der Waals surface area contributed by atoms with Crippen LogP contribution in [0.25, 0.3) is 0 Å². The molecular formula is C27H28FNO5. The molecule has 1 aliphatic rings. The van der Waals surface area contributed by atoms with Gasteiger partial charge in [0.1, 0.15) is 11.6 Å². The third-order valence-electron chi connectivity index (χ3n) is 6.28. The molecule has 34 heavy (non-hydrogen) atoms. The molecule has 2 aromatic carbocycles. The Balaban J connectivity index is 1.92. The molecule has 0 heterocycles. The third-order valence-corrected chi connectivity index (χ3v) is 6.28. The van der Waals surface area contributed by atoms with Crippen molar-refractivity contribution in [2.75, 3.05) is 6.54 Å². The second-order valence-electron chi connectivity index (χ2n) is 8.95. The summed E-state index contributed by atoms with van der Waals surface area (Å²) >= 11 is 0. The molecule has 2 unspecified atom stereocenters. The number of nitrogens with one attached hydrogen (secondary N) is 1. The molecule has 7 heteroatoms. The van der Waals surface area contributed by atoms with E-state index in [1.807, 2.05) is 0 Å². The highest BCUT2D eigenvalue weighted by Crippen LogP contribution is 2.39. The number of hydrogen-bond donors (Lipinski definition) is 3. The van der Waals surface area contributed by atoms with Gasteiger partial charge in [0.05, 0.1) is 11.2 Å². The van der Waals surface area contributed by atoms with Crippen molar-refractivity contribution in [3.63, 3.8) is 0 Å². The minimum Gasteiger partial charge on any atom is -0.507 e. The standard InChI is InChI=1S/C27H28FNO5/c1-15-16(2)25(32)23(17(3)24(15)31)21(18-9-11-19(28)12-10-18)13-27(4,34)14-29-26(33)20-7-5-6-8-22(20)30/h5-12,21,30,34H,13-14H2,1-4H3,(H,29,33). The van der Waals surface area contributed by atoms with Crippen LogP contribution in [0.3, 0.4) is 0 Å². The molecule has 0 fully saturated rings. The Kier molecular flexibility index (Phi) is 7.17. The van der Waals surface area contributed by atoms with Crippen LogP contribution < -0.4 is 5.32 Å². The van der Waals surface area contributed by atoms with E-state index in [1.165, 1.54) is 43.3 Å². The fourth-order valence-corrected chi connectivity index (χ4v) is 4.16. The van der Waals surface area contributed by atoms with Gasteiger partial charge in [0.25, 0.3) is 5.91 Å². The smallest absolute Gasteiger partial charge is 0.255 e. The van der Waals surface area contributed by atoms with Crippen LogP contribution in [0.15, 0.2) is 70.8 Å². The van der Waals surface area contributed by atoms with Crippen molar-refractivity contribution in [1.29, 1.82) is 0 Å². The molecule has 3 rings (SSSR count). The van der Waals surface area contributed by atoms with Gasteiger partial charge in [-0.05, 0) is 63.9 Å². The maximum absolute atomic E-state index is 13.6. The maximum Gasteiger partial charge on any atom is 0.255 e. The summed E-state index contributed by atoms with van der Waals surface area (Å²) in [5, 5.41) is 23.7. The van der Waals surface area contributed by atoms with Crippen LogP contribution >= 0.6 is 0 Å². The largest absolute Gasteiger partial charge is 0.507 e. The fourth-order valence-electron chi connectivity index (χ4n) is 4.16. The maximum atomic E-state index is 13.6. The number of amides is 1. The molecule has 178 valence electrons. The first kappa shape index (κ1) is 25.1. The number of halogens is 1. The summed E-state index contributed by atoms with van der Waals surface area (Å²) < 4.78 is 13.6. The van der Waals surface area contributed by atoms with Crippen molar-refractivity contribution in [2.24, 2.45) is 0 Å². The molecule has 6 nitrogen and oxygen atoms in total. The van der Waals surface area contributed by atoms with E-state index in [0.717, 1.165) is 0 Å². The second-order valence-corrected chi connectivity index (χ2v) is 8.95. The highest BCUT2D eigenvalue weighted by Gasteiger charge is 2.37. The summed E-state index contributed by atoms with van der Waals surface area (Å²) in [5.41, 5.74) is 0.395. The first-order valence-corrected chi connectivity index (χ1v) is 10.9. The van der Waals surface area contributed by atoms with E-state index >= 15 is 0 Å². The number of ketones is 2. The van der Waals surface area contributed by atoms with E-state index in [-0.39, 0.29) is 47.0 Å². The van der Waals surface area contributed by atoms with Gasteiger partial charge in [-0.1, -0.05) is 24.3 Å². The van der Waals surface area contributed by atoms with E-state index in [9.17, 15) is 29.0 Å². The first-order valence-electron chi connectivity index (χ1n) is 10.9. The monoisotopic (exact) mass is 465 g/mol. The Morgan fingerprint density at radius 1 is 0.971 bits per heavy atom. The number of para-hydroxylation sites is 1. The van der Waals surface area contributed by atoms with Gasteiger partial charge in [0.15, 0.2) is 11.6 Å². The van der Waals surface area contributed by atoms with Gasteiger partial charge in [-0.2, -0.15) is 0 Å². The molecule has 0 radical (unpaired) electrons. The molecule has 0 spiro atoms. The molecule has 1 aliphatic carbocycles. The van der Waals surface area contributed by atoms with Gasteiger partial charge >= 0.3 is 0 Å². The quantitative estimate of drug-likeness (QED) is 0.537. The zero-order valence-corrected chi connectivity index (χ0v) is 19.6. The molecule has 2 atom stereocenters. The Hall–Kier alpha value is -3.58. The number of rotatable bonds is 7. The van der Waals surface area contributed by atoms with E-state index < -0.39 is 23.2 Å². The van der Waals surface area contributed by atoms with Crippen molar-refractivity contribution < 1.29 is 29.0 Å². The second kappa shape index (κ2) is 9.73. The van der Waals surface area contributed by atoms with Gasteiger partial charge in [-0.15, -0.1) is 0 Å². The average molecular weight is 466 g/mol. The molecule has 0 aromatic heterocycles. The Labute approximate surface area is 197 Å². The highest BCUT2D eigenvalue weighted by atomic mass is 19.1. The first-order chi connectivity index (χ1) is 15.9.